The molecule has 0 bridgehead atoms. The maximum absolute atomic E-state index is 13.3. The fourth-order valence-electron chi connectivity index (χ4n) is 2.38. The van der Waals surface area contributed by atoms with Gasteiger partial charge in [-0.3, -0.25) is 0 Å². The second-order valence-corrected chi connectivity index (χ2v) is 6.92. The van der Waals surface area contributed by atoms with Crippen molar-refractivity contribution >= 4 is 35.3 Å². The van der Waals surface area contributed by atoms with Crippen LogP contribution in [0.5, 0.6) is 5.75 Å². The van der Waals surface area contributed by atoms with Crippen LogP contribution in [0.3, 0.4) is 0 Å². The van der Waals surface area contributed by atoms with E-state index in [1.54, 1.807) is 21.8 Å². The van der Waals surface area contributed by atoms with Crippen LogP contribution in [0.1, 0.15) is 0 Å². The van der Waals surface area contributed by atoms with E-state index in [1.165, 1.54) is 18.2 Å². The van der Waals surface area contributed by atoms with Crippen LogP contribution in [0.2, 0.25) is 0 Å². The minimum atomic E-state index is -0.362. The third kappa shape index (κ3) is 1.96. The van der Waals surface area contributed by atoms with Gasteiger partial charge in [-0.15, -0.1) is 0 Å². The van der Waals surface area contributed by atoms with Gasteiger partial charge in [0.25, 0.3) is 0 Å². The van der Waals surface area contributed by atoms with Crippen molar-refractivity contribution in [1.82, 2.24) is 8.55 Å². The number of hydrogen-bond acceptors (Lipinski definition) is 3. The molecule has 0 fully saturated rings. The van der Waals surface area contributed by atoms with Gasteiger partial charge in [-0.05, 0) is 0 Å². The number of phenols is 1. The predicted molar refractivity (Wildman–Crippen MR) is 83.4 cm³/mol. The second kappa shape index (κ2) is 4.80. The summed E-state index contributed by atoms with van der Waals surface area (Å²) in [6.07, 6.45) is 0. The molecule has 0 unspecified atom stereocenters. The van der Waals surface area contributed by atoms with E-state index < -0.39 is 0 Å². The van der Waals surface area contributed by atoms with Gasteiger partial charge in [-0.25, -0.2) is 0 Å². The molecule has 108 valence electrons. The van der Waals surface area contributed by atoms with Crippen molar-refractivity contribution in [1.29, 1.82) is 0 Å². The van der Waals surface area contributed by atoms with Crippen LogP contribution in [0.15, 0.2) is 53.3 Å². The van der Waals surface area contributed by atoms with Crippen LogP contribution in [0, 0.1) is 5.82 Å². The van der Waals surface area contributed by atoms with Gasteiger partial charge in [0.15, 0.2) is 0 Å². The molecule has 4 aromatic rings. The van der Waals surface area contributed by atoms with Crippen molar-refractivity contribution in [2.24, 2.45) is 0 Å². The Bertz CT molecular complexity index is 1080. The van der Waals surface area contributed by atoms with Crippen LogP contribution in [-0.4, -0.2) is 28.4 Å². The summed E-state index contributed by atoms with van der Waals surface area (Å²) in [5.41, 5.74) is 0.267. The molecule has 0 aliphatic rings. The van der Waals surface area contributed by atoms with Crippen molar-refractivity contribution in [3.8, 4) is 11.6 Å². The molecule has 0 saturated carbocycles. The monoisotopic (exact) mass is 360 g/mol. The first-order valence-electron chi connectivity index (χ1n) is 6.54. The van der Waals surface area contributed by atoms with E-state index >= 15 is 0 Å². The fourth-order valence-corrected chi connectivity index (χ4v) is 4.46. The summed E-state index contributed by atoms with van der Waals surface area (Å²) in [5.74, 6) is 0.192. The molecule has 2 aromatic heterocycles. The van der Waals surface area contributed by atoms with Crippen molar-refractivity contribution in [2.75, 3.05) is 0 Å². The van der Waals surface area contributed by atoms with Gasteiger partial charge in [0, 0.05) is 0 Å². The van der Waals surface area contributed by atoms with Crippen molar-refractivity contribution in [3.63, 3.8) is 0 Å². The summed E-state index contributed by atoms with van der Waals surface area (Å²) >= 11 is -0.362. The van der Waals surface area contributed by atoms with E-state index in [0.717, 1.165) is 5.39 Å². The van der Waals surface area contributed by atoms with Gasteiger partial charge in [-0.1, -0.05) is 0 Å². The third-order valence-electron chi connectivity index (χ3n) is 3.44. The van der Waals surface area contributed by atoms with E-state index in [0.29, 0.717) is 21.0 Å². The average Bonchev–Trinajstić information content (AvgIpc) is 2.84. The van der Waals surface area contributed by atoms with Crippen LogP contribution in [0.25, 0.3) is 26.4 Å². The number of halogens is 1. The Morgan fingerprint density at radius 2 is 2.00 bits per heavy atom. The Morgan fingerprint density at radius 3 is 2.86 bits per heavy atom. The summed E-state index contributed by atoms with van der Waals surface area (Å²) in [6.45, 7) is 0. The van der Waals surface area contributed by atoms with Crippen LogP contribution >= 0.6 is 0 Å². The molecule has 4 nitrogen and oxygen atoms in total. The van der Waals surface area contributed by atoms with Crippen molar-refractivity contribution < 1.29 is 9.50 Å². The zero-order valence-corrected chi connectivity index (χ0v) is 12.9. The molecular weight excluding hydrogens is 350 g/mol. The van der Waals surface area contributed by atoms with Gasteiger partial charge in [-0.2, -0.15) is 0 Å². The normalized spacial score (nSPS) is 11.3. The summed E-state index contributed by atoms with van der Waals surface area (Å²) < 4.78 is 15.6. The van der Waals surface area contributed by atoms with Gasteiger partial charge in [0.1, 0.15) is 0 Å². The molecular formula is C16H9FN2O2Se. The number of fused-ring (bicyclic) bond motifs is 2. The fraction of sp³-hybridized carbons (Fsp3) is 0. The molecule has 0 aliphatic carbocycles. The zero-order chi connectivity index (χ0) is 15.3. The Labute approximate surface area is 130 Å². The topological polar surface area (TPSA) is 55.1 Å². The van der Waals surface area contributed by atoms with Gasteiger partial charge in [0.2, 0.25) is 0 Å². The number of aromatic hydroxyl groups is 1. The number of pyridine rings is 1. The van der Waals surface area contributed by atoms with Gasteiger partial charge in [0.05, 0.1) is 0 Å². The first-order valence-corrected chi connectivity index (χ1v) is 8.16. The van der Waals surface area contributed by atoms with Gasteiger partial charge < -0.3 is 0 Å². The van der Waals surface area contributed by atoms with E-state index in [9.17, 15) is 14.3 Å². The Hall–Kier alpha value is -2.43. The van der Waals surface area contributed by atoms with Gasteiger partial charge >= 0.3 is 130 Å². The number of phenolic OH excluding ortho intramolecular Hbond substituents is 1. The Kier molecular flexibility index (Phi) is 2.89. The predicted octanol–water partition coefficient (Wildman–Crippen LogP) is 2.44. The summed E-state index contributed by atoms with van der Waals surface area (Å²) in [5, 5.41) is 11.2. The Balaban J connectivity index is 2.01. The standard InChI is InChI=1S/C16H9FN2O2Se/c17-10-5-6-11-13(8-10)22-19(16(11)21)14-7-4-9-2-1-3-12(20)15(9)18-14/h1-8,20H. The molecule has 22 heavy (non-hydrogen) atoms. The first kappa shape index (κ1) is 13.2. The summed E-state index contributed by atoms with van der Waals surface area (Å²) in [7, 11) is 0. The molecule has 0 amide bonds. The number of rotatable bonds is 1. The van der Waals surface area contributed by atoms with E-state index in [2.05, 4.69) is 4.98 Å². The molecule has 0 radical (unpaired) electrons. The van der Waals surface area contributed by atoms with E-state index in [4.69, 9.17) is 0 Å². The zero-order valence-electron chi connectivity index (χ0n) is 11.2. The number of aromatic nitrogens is 2. The quantitative estimate of drug-likeness (QED) is 0.531. The maximum atomic E-state index is 13.3. The number of benzene rings is 2. The summed E-state index contributed by atoms with van der Waals surface area (Å²) in [6, 6.07) is 12.9. The summed E-state index contributed by atoms with van der Waals surface area (Å²) in [4.78, 5) is 16.8. The molecule has 0 saturated heterocycles. The van der Waals surface area contributed by atoms with Crippen molar-refractivity contribution in [3.05, 3.63) is 64.7 Å². The Morgan fingerprint density at radius 1 is 1.14 bits per heavy atom. The molecule has 6 heteroatoms. The molecule has 1 N–H and O–H groups in total. The third-order valence-corrected chi connectivity index (χ3v) is 5.69. The second-order valence-electron chi connectivity index (χ2n) is 4.85. The SMILES string of the molecule is O=c1c2ccc(F)cc2[se]n1-c1ccc2cccc(O)c2n1. The van der Waals surface area contributed by atoms with Crippen LogP contribution in [-0.2, 0) is 0 Å². The molecule has 2 aromatic carbocycles. The molecule has 0 atom stereocenters. The first-order chi connectivity index (χ1) is 10.6. The average molecular weight is 359 g/mol. The van der Waals surface area contributed by atoms with Crippen LogP contribution < -0.4 is 5.56 Å². The molecule has 0 spiro atoms. The van der Waals surface area contributed by atoms with E-state index in [1.807, 2.05) is 12.1 Å². The van der Waals surface area contributed by atoms with E-state index in [-0.39, 0.29) is 31.9 Å². The number of hydrogen-bond donors (Lipinski definition) is 1. The molecule has 4 rings (SSSR count). The molecule has 0 aliphatic heterocycles. The number of nitrogens with zero attached hydrogens (tertiary/aromatic N) is 2. The number of para-hydroxylation sites is 1. The van der Waals surface area contributed by atoms with Crippen molar-refractivity contribution in [2.45, 2.75) is 0 Å². The minimum absolute atomic E-state index is 0.0713. The van der Waals surface area contributed by atoms with Crippen LogP contribution in [0.4, 0.5) is 4.39 Å². The molecule has 2 heterocycles.